The molecule has 1 amide bonds. The summed E-state index contributed by atoms with van der Waals surface area (Å²) in [5.41, 5.74) is 9.82. The van der Waals surface area contributed by atoms with E-state index in [0.29, 0.717) is 11.3 Å². The molecular weight excluding hydrogens is 642 g/mol. The summed E-state index contributed by atoms with van der Waals surface area (Å²) >= 11 is 1.43. The SMILES string of the molecule is NC1C(=O)N2C(C(=O)OC(c3ccccc3)c3ccccc3)=C(COc3cc(C(=O)OC(c4ccccc4)c4ccccc4)on3)CS[C@H]12. The van der Waals surface area contributed by atoms with E-state index in [1.54, 1.807) is 0 Å². The van der Waals surface area contributed by atoms with Gasteiger partial charge in [0, 0.05) is 11.3 Å². The first-order chi connectivity index (χ1) is 24.0. The number of rotatable bonds is 11. The molecule has 1 unspecified atom stereocenters. The van der Waals surface area contributed by atoms with E-state index in [0.717, 1.165) is 22.3 Å². The van der Waals surface area contributed by atoms with E-state index in [9.17, 15) is 14.4 Å². The largest absolute Gasteiger partial charge is 0.471 e. The molecular formula is C38H31N3O7S. The van der Waals surface area contributed by atoms with E-state index in [4.69, 9.17) is 24.5 Å². The second-order valence-corrected chi connectivity index (χ2v) is 12.5. The molecule has 5 aromatic rings. The highest BCUT2D eigenvalue weighted by molar-refractivity contribution is 8.00. The Balaban J connectivity index is 1.10. The quantitative estimate of drug-likeness (QED) is 0.135. The lowest BCUT2D eigenvalue weighted by atomic mass is 10.0. The normalized spacial score (nSPS) is 17.0. The van der Waals surface area contributed by atoms with Crippen LogP contribution in [0.15, 0.2) is 143 Å². The molecule has 246 valence electrons. The fourth-order valence-corrected chi connectivity index (χ4v) is 7.03. The molecule has 0 aliphatic carbocycles. The number of nitrogens with two attached hydrogens (primary N) is 1. The fourth-order valence-electron chi connectivity index (χ4n) is 5.76. The van der Waals surface area contributed by atoms with Crippen molar-refractivity contribution in [2.45, 2.75) is 23.6 Å². The number of carbonyl (C=O) groups is 3. The number of aromatic nitrogens is 1. The fraction of sp³-hybridized carbons (Fsp3) is 0.158. The van der Waals surface area contributed by atoms with Crippen LogP contribution in [-0.2, 0) is 19.1 Å². The van der Waals surface area contributed by atoms with Gasteiger partial charge in [0.1, 0.15) is 23.7 Å². The smallest absolute Gasteiger partial charge is 0.378 e. The Hall–Kier alpha value is -5.65. The number of fused-ring (bicyclic) bond motifs is 1. The number of carbonyl (C=O) groups excluding carboxylic acids is 3. The summed E-state index contributed by atoms with van der Waals surface area (Å²) in [6.07, 6.45) is -1.39. The molecule has 0 bridgehead atoms. The van der Waals surface area contributed by atoms with Crippen molar-refractivity contribution in [3.05, 3.63) is 167 Å². The molecule has 7 rings (SSSR count). The van der Waals surface area contributed by atoms with E-state index in [-0.39, 0.29) is 29.9 Å². The van der Waals surface area contributed by atoms with Crippen LogP contribution in [0.2, 0.25) is 0 Å². The molecule has 1 saturated heterocycles. The summed E-state index contributed by atoms with van der Waals surface area (Å²) in [7, 11) is 0. The number of hydrogen-bond donors (Lipinski definition) is 1. The van der Waals surface area contributed by atoms with Gasteiger partial charge in [-0.2, -0.15) is 0 Å². The second-order valence-electron chi connectivity index (χ2n) is 11.4. The summed E-state index contributed by atoms with van der Waals surface area (Å²) in [6, 6.07) is 38.1. The zero-order chi connectivity index (χ0) is 33.7. The molecule has 2 aliphatic rings. The Morgan fingerprint density at radius 3 is 1.73 bits per heavy atom. The summed E-state index contributed by atoms with van der Waals surface area (Å²) in [4.78, 5) is 41.5. The maximum absolute atomic E-state index is 14.0. The highest BCUT2D eigenvalue weighted by Gasteiger charge is 2.52. The summed E-state index contributed by atoms with van der Waals surface area (Å²) in [5.74, 6) is -1.58. The Morgan fingerprint density at radius 2 is 1.24 bits per heavy atom. The first kappa shape index (κ1) is 31.9. The number of nitrogens with zero attached hydrogens (tertiary/aromatic N) is 2. The van der Waals surface area contributed by atoms with Crippen LogP contribution in [-0.4, -0.2) is 51.7 Å². The lowest BCUT2D eigenvalue weighted by Gasteiger charge is -2.48. The van der Waals surface area contributed by atoms with Crippen molar-refractivity contribution in [3.8, 4) is 5.88 Å². The van der Waals surface area contributed by atoms with E-state index in [1.807, 2.05) is 121 Å². The van der Waals surface area contributed by atoms with Crippen molar-refractivity contribution in [2.24, 2.45) is 5.73 Å². The number of esters is 2. The van der Waals surface area contributed by atoms with Crippen molar-refractivity contribution in [1.82, 2.24) is 10.1 Å². The summed E-state index contributed by atoms with van der Waals surface area (Å²) in [5, 5.41) is 3.50. The van der Waals surface area contributed by atoms with Gasteiger partial charge in [-0.25, -0.2) is 9.59 Å². The zero-order valence-corrected chi connectivity index (χ0v) is 26.9. The van der Waals surface area contributed by atoms with Crippen molar-refractivity contribution < 1.29 is 33.1 Å². The summed E-state index contributed by atoms with van der Waals surface area (Å²) < 4.78 is 23.2. The van der Waals surface area contributed by atoms with E-state index in [2.05, 4.69) is 5.16 Å². The van der Waals surface area contributed by atoms with Crippen LogP contribution < -0.4 is 10.5 Å². The van der Waals surface area contributed by atoms with Gasteiger partial charge in [0.25, 0.3) is 5.88 Å². The van der Waals surface area contributed by atoms with Crippen LogP contribution in [0.5, 0.6) is 5.88 Å². The van der Waals surface area contributed by atoms with Crippen LogP contribution in [0.1, 0.15) is 45.0 Å². The maximum Gasteiger partial charge on any atom is 0.378 e. The van der Waals surface area contributed by atoms with Gasteiger partial charge < -0.3 is 24.5 Å². The Bertz CT molecular complexity index is 1890. The molecule has 2 aliphatic heterocycles. The molecule has 1 aromatic heterocycles. The first-order valence-corrected chi connectivity index (χ1v) is 16.7. The molecule has 0 radical (unpaired) electrons. The van der Waals surface area contributed by atoms with Crippen LogP contribution >= 0.6 is 11.8 Å². The predicted octanol–water partition coefficient (Wildman–Crippen LogP) is 5.83. The Kier molecular flexibility index (Phi) is 9.27. The molecule has 0 saturated carbocycles. The number of amides is 1. The number of ether oxygens (including phenoxy) is 3. The van der Waals surface area contributed by atoms with Crippen LogP contribution in [0, 0.1) is 0 Å². The number of hydrogen-bond acceptors (Lipinski definition) is 10. The molecule has 4 aromatic carbocycles. The molecule has 3 heterocycles. The topological polar surface area (TPSA) is 134 Å². The maximum atomic E-state index is 14.0. The monoisotopic (exact) mass is 673 g/mol. The molecule has 10 nitrogen and oxygen atoms in total. The molecule has 1 fully saturated rings. The molecule has 0 spiro atoms. The van der Waals surface area contributed by atoms with E-state index < -0.39 is 35.6 Å². The number of benzene rings is 4. The Labute approximate surface area is 286 Å². The minimum absolute atomic E-state index is 0.00773. The number of thioether (sulfide) groups is 1. The van der Waals surface area contributed by atoms with Crippen molar-refractivity contribution in [1.29, 1.82) is 0 Å². The second kappa shape index (κ2) is 14.2. The molecule has 11 heteroatoms. The predicted molar refractivity (Wildman–Crippen MR) is 181 cm³/mol. The van der Waals surface area contributed by atoms with Gasteiger partial charge in [-0.05, 0) is 27.4 Å². The van der Waals surface area contributed by atoms with Gasteiger partial charge in [0.05, 0.1) is 6.07 Å². The van der Waals surface area contributed by atoms with Crippen molar-refractivity contribution in [2.75, 3.05) is 12.4 Å². The van der Waals surface area contributed by atoms with Gasteiger partial charge in [0.2, 0.25) is 11.7 Å². The van der Waals surface area contributed by atoms with Crippen molar-refractivity contribution >= 4 is 29.6 Å². The first-order valence-electron chi connectivity index (χ1n) is 15.6. The molecule has 49 heavy (non-hydrogen) atoms. The highest BCUT2D eigenvalue weighted by Crippen LogP contribution is 2.41. The average molecular weight is 674 g/mol. The van der Waals surface area contributed by atoms with Gasteiger partial charge in [-0.1, -0.05) is 121 Å². The minimum atomic E-state index is -0.729. The average Bonchev–Trinajstić information content (AvgIpc) is 3.65. The van der Waals surface area contributed by atoms with E-state index >= 15 is 0 Å². The Morgan fingerprint density at radius 1 is 0.776 bits per heavy atom. The van der Waals surface area contributed by atoms with Gasteiger partial charge in [0.15, 0.2) is 12.2 Å². The third-order valence-electron chi connectivity index (χ3n) is 8.22. The zero-order valence-electron chi connectivity index (χ0n) is 26.1. The standard InChI is InChI=1S/C38H31N3O7S/c39-31-35(42)41-32(38(44)47-34(26-17-9-3-10-18-26)27-19-11-4-12-20-27)28(23-49-36(31)41)22-45-30-21-29(48-40-30)37(43)46-33(24-13-5-1-6-14-24)25-15-7-2-8-16-25/h1-21,31,33-34,36H,22-23,39H2/t31?,36-/m1/s1. The number of β-lactam (4-membered cyclic amide) rings is 1. The van der Waals surface area contributed by atoms with Crippen molar-refractivity contribution in [3.63, 3.8) is 0 Å². The van der Waals surface area contributed by atoms with Gasteiger partial charge in [-0.15, -0.1) is 11.8 Å². The highest BCUT2D eigenvalue weighted by atomic mass is 32.2. The third kappa shape index (κ3) is 6.71. The minimum Gasteiger partial charge on any atom is -0.471 e. The van der Waals surface area contributed by atoms with Gasteiger partial charge >= 0.3 is 11.9 Å². The van der Waals surface area contributed by atoms with Crippen LogP contribution in [0.3, 0.4) is 0 Å². The lowest BCUT2D eigenvalue weighted by Crippen LogP contribution is -2.68. The van der Waals surface area contributed by atoms with Crippen LogP contribution in [0.25, 0.3) is 0 Å². The van der Waals surface area contributed by atoms with Crippen LogP contribution in [0.4, 0.5) is 0 Å². The molecule has 2 N–H and O–H groups in total. The lowest BCUT2D eigenvalue weighted by molar-refractivity contribution is -0.153. The molecule has 2 atom stereocenters. The summed E-state index contributed by atoms with van der Waals surface area (Å²) in [6.45, 7) is -0.123. The van der Waals surface area contributed by atoms with E-state index in [1.165, 1.54) is 22.7 Å². The van der Waals surface area contributed by atoms with Gasteiger partial charge in [-0.3, -0.25) is 9.69 Å². The third-order valence-corrected chi connectivity index (χ3v) is 9.59.